The SMILES string of the molecule is COc1ccc(O)c(C2C3=CCC4C(=O)N(c5ccc(Br)cc5)C(=O)C4C3CC3C(=O)N(c4ccc(F)c(Cl)c4)C(=O)C32C)c1. The molecule has 7 rings (SSSR count). The van der Waals surface area contributed by atoms with Crippen molar-refractivity contribution in [2.45, 2.75) is 25.7 Å². The predicted molar refractivity (Wildman–Crippen MR) is 167 cm³/mol. The largest absolute Gasteiger partial charge is 0.508 e. The molecule has 4 amide bonds. The van der Waals surface area contributed by atoms with Crippen molar-refractivity contribution in [3.8, 4) is 11.5 Å². The molecule has 45 heavy (non-hydrogen) atoms. The number of benzene rings is 3. The van der Waals surface area contributed by atoms with Crippen molar-refractivity contribution in [2.75, 3.05) is 16.9 Å². The zero-order valence-corrected chi connectivity index (χ0v) is 26.5. The second-order valence-corrected chi connectivity index (χ2v) is 13.5. The molecule has 0 spiro atoms. The summed E-state index contributed by atoms with van der Waals surface area (Å²) in [5.74, 6) is -5.80. The molecule has 1 saturated carbocycles. The van der Waals surface area contributed by atoms with Gasteiger partial charge in [-0.2, -0.15) is 0 Å². The maximum absolute atomic E-state index is 14.5. The van der Waals surface area contributed by atoms with E-state index in [1.807, 2.05) is 6.08 Å². The zero-order chi connectivity index (χ0) is 31.9. The number of ether oxygens (including phenoxy) is 1. The highest BCUT2D eigenvalue weighted by atomic mass is 79.9. The van der Waals surface area contributed by atoms with Gasteiger partial charge in [0.05, 0.1) is 46.7 Å². The summed E-state index contributed by atoms with van der Waals surface area (Å²) in [6.45, 7) is 1.70. The van der Waals surface area contributed by atoms with Crippen LogP contribution in [0.1, 0.15) is 31.2 Å². The summed E-state index contributed by atoms with van der Waals surface area (Å²) in [6, 6.07) is 15.3. The molecule has 2 aliphatic carbocycles. The Morgan fingerprint density at radius 2 is 1.64 bits per heavy atom. The van der Waals surface area contributed by atoms with Crippen molar-refractivity contribution >= 4 is 62.5 Å². The second kappa shape index (κ2) is 10.5. The van der Waals surface area contributed by atoms with Crippen LogP contribution in [0, 0.1) is 34.9 Å². The number of halogens is 3. The molecule has 3 aromatic rings. The lowest BCUT2D eigenvalue weighted by molar-refractivity contribution is -0.131. The first-order chi connectivity index (χ1) is 21.5. The Morgan fingerprint density at radius 3 is 2.33 bits per heavy atom. The standard InChI is InChI=1S/C34H27BrClFN2O6/c1-34-24(31(42)39(33(34)44)18-7-11-26(37)25(36)13-18)15-22-20(29(34)23-14-19(45-2)8-12-27(23)40)9-10-21-28(22)32(43)38(30(21)41)17-5-3-16(35)4-6-17/h3-9,11-14,21-22,24,28-29,40H,10,15H2,1-2H3. The van der Waals surface area contributed by atoms with Crippen LogP contribution in [0.15, 0.2) is 76.8 Å². The number of phenolic OH excluding ortho intramolecular Hbond substituents is 1. The third-order valence-electron chi connectivity index (χ3n) is 10.1. The van der Waals surface area contributed by atoms with E-state index in [9.17, 15) is 28.7 Å². The van der Waals surface area contributed by atoms with Gasteiger partial charge >= 0.3 is 0 Å². The summed E-state index contributed by atoms with van der Waals surface area (Å²) in [5.41, 5.74) is 0.284. The molecule has 6 atom stereocenters. The number of fused-ring (bicyclic) bond motifs is 4. The van der Waals surface area contributed by atoms with E-state index < -0.39 is 52.6 Å². The summed E-state index contributed by atoms with van der Waals surface area (Å²) < 4.78 is 20.4. The predicted octanol–water partition coefficient (Wildman–Crippen LogP) is 6.39. The Labute approximate surface area is 271 Å². The van der Waals surface area contributed by atoms with Gasteiger partial charge in [0, 0.05) is 16.0 Å². The van der Waals surface area contributed by atoms with Crippen LogP contribution in [-0.2, 0) is 19.2 Å². The highest BCUT2D eigenvalue weighted by Gasteiger charge is 2.68. The van der Waals surface area contributed by atoms with E-state index in [0.717, 1.165) is 21.0 Å². The molecule has 2 saturated heterocycles. The summed E-state index contributed by atoms with van der Waals surface area (Å²) in [7, 11) is 1.48. The van der Waals surface area contributed by atoms with Gasteiger partial charge in [0.1, 0.15) is 17.3 Å². The number of hydrogen-bond donors (Lipinski definition) is 1. The van der Waals surface area contributed by atoms with Gasteiger partial charge in [0.2, 0.25) is 23.6 Å². The number of aromatic hydroxyl groups is 1. The van der Waals surface area contributed by atoms with Gasteiger partial charge in [-0.1, -0.05) is 39.2 Å². The first kappa shape index (κ1) is 29.7. The first-order valence-electron chi connectivity index (χ1n) is 14.5. The number of rotatable bonds is 4. The Hall–Kier alpha value is -4.02. The van der Waals surface area contributed by atoms with Crippen LogP contribution >= 0.6 is 27.5 Å². The second-order valence-electron chi connectivity index (χ2n) is 12.2. The summed E-state index contributed by atoms with van der Waals surface area (Å²) in [5, 5.41) is 11.0. The van der Waals surface area contributed by atoms with E-state index in [1.54, 1.807) is 43.3 Å². The molecule has 3 aromatic carbocycles. The monoisotopic (exact) mass is 692 g/mol. The van der Waals surface area contributed by atoms with Crippen molar-refractivity contribution in [2.24, 2.45) is 29.1 Å². The van der Waals surface area contributed by atoms with Crippen LogP contribution in [0.5, 0.6) is 11.5 Å². The molecule has 4 aliphatic rings. The molecular weight excluding hydrogens is 667 g/mol. The van der Waals surface area contributed by atoms with E-state index in [4.69, 9.17) is 16.3 Å². The number of carbonyl (C=O) groups is 4. The highest BCUT2D eigenvalue weighted by Crippen LogP contribution is 2.64. The van der Waals surface area contributed by atoms with Crippen LogP contribution in [0.25, 0.3) is 0 Å². The molecule has 6 unspecified atom stereocenters. The van der Waals surface area contributed by atoms with Gasteiger partial charge in [0.25, 0.3) is 0 Å². The number of phenols is 1. The molecule has 2 aliphatic heterocycles. The number of anilines is 2. The fourth-order valence-electron chi connectivity index (χ4n) is 7.97. The third kappa shape index (κ3) is 4.21. The number of carbonyl (C=O) groups excluding carboxylic acids is 4. The fourth-order valence-corrected chi connectivity index (χ4v) is 8.40. The van der Waals surface area contributed by atoms with Crippen molar-refractivity contribution in [1.82, 2.24) is 0 Å². The molecule has 3 fully saturated rings. The zero-order valence-electron chi connectivity index (χ0n) is 24.2. The van der Waals surface area contributed by atoms with Crippen LogP contribution in [0.4, 0.5) is 15.8 Å². The molecule has 0 aromatic heterocycles. The first-order valence-corrected chi connectivity index (χ1v) is 15.7. The number of amides is 4. The lowest BCUT2D eigenvalue weighted by atomic mass is 9.51. The number of methoxy groups -OCH3 is 1. The van der Waals surface area contributed by atoms with Gasteiger partial charge in [0.15, 0.2) is 0 Å². The summed E-state index contributed by atoms with van der Waals surface area (Å²) in [6.07, 6.45) is 2.30. The summed E-state index contributed by atoms with van der Waals surface area (Å²) >= 11 is 9.45. The Kier molecular flexibility index (Phi) is 6.94. The van der Waals surface area contributed by atoms with Gasteiger partial charge in [-0.3, -0.25) is 24.1 Å². The third-order valence-corrected chi connectivity index (χ3v) is 10.9. The topological polar surface area (TPSA) is 104 Å². The Morgan fingerprint density at radius 1 is 0.933 bits per heavy atom. The van der Waals surface area contributed by atoms with Crippen LogP contribution in [-0.4, -0.2) is 35.8 Å². The van der Waals surface area contributed by atoms with E-state index in [2.05, 4.69) is 15.9 Å². The van der Waals surface area contributed by atoms with Gasteiger partial charge in [-0.15, -0.1) is 0 Å². The highest BCUT2D eigenvalue weighted by molar-refractivity contribution is 9.10. The number of imide groups is 2. The van der Waals surface area contributed by atoms with E-state index in [-0.39, 0.29) is 41.1 Å². The summed E-state index contributed by atoms with van der Waals surface area (Å²) in [4.78, 5) is 58.9. The van der Waals surface area contributed by atoms with Crippen LogP contribution in [0.2, 0.25) is 5.02 Å². The molecular formula is C34H27BrClFN2O6. The fraction of sp³-hybridized carbons (Fsp3) is 0.294. The maximum atomic E-state index is 14.5. The maximum Gasteiger partial charge on any atom is 0.241 e. The normalized spacial score (nSPS) is 29.0. The Balaban J connectivity index is 1.38. The quantitative estimate of drug-likeness (QED) is 0.251. The van der Waals surface area contributed by atoms with Gasteiger partial charge in [-0.25, -0.2) is 9.29 Å². The van der Waals surface area contributed by atoms with E-state index in [1.165, 1.54) is 30.2 Å². The van der Waals surface area contributed by atoms with Crippen molar-refractivity contribution < 1.29 is 33.4 Å². The number of allylic oxidation sites excluding steroid dienone is 2. The minimum Gasteiger partial charge on any atom is -0.508 e. The average molecular weight is 694 g/mol. The van der Waals surface area contributed by atoms with E-state index in [0.29, 0.717) is 17.0 Å². The lowest BCUT2D eigenvalue weighted by Gasteiger charge is -2.49. The number of nitrogens with zero attached hydrogens (tertiary/aromatic N) is 2. The molecule has 2 heterocycles. The van der Waals surface area contributed by atoms with Crippen molar-refractivity contribution in [3.63, 3.8) is 0 Å². The molecule has 0 radical (unpaired) electrons. The lowest BCUT2D eigenvalue weighted by Crippen LogP contribution is -2.48. The molecule has 0 bridgehead atoms. The van der Waals surface area contributed by atoms with Crippen LogP contribution in [0.3, 0.4) is 0 Å². The smallest absolute Gasteiger partial charge is 0.241 e. The van der Waals surface area contributed by atoms with Gasteiger partial charge < -0.3 is 9.84 Å². The molecule has 230 valence electrons. The van der Waals surface area contributed by atoms with Crippen molar-refractivity contribution in [3.05, 3.63) is 93.2 Å². The molecule has 8 nitrogen and oxygen atoms in total. The molecule has 11 heteroatoms. The average Bonchev–Trinajstić information content (AvgIpc) is 3.39. The minimum absolute atomic E-state index is 0.0988. The molecule has 1 N–H and O–H groups in total. The van der Waals surface area contributed by atoms with Crippen molar-refractivity contribution in [1.29, 1.82) is 0 Å². The number of hydrogen-bond acceptors (Lipinski definition) is 6. The van der Waals surface area contributed by atoms with Crippen LogP contribution < -0.4 is 14.5 Å². The van der Waals surface area contributed by atoms with E-state index >= 15 is 0 Å². The minimum atomic E-state index is -1.39. The Bertz CT molecular complexity index is 1850. The van der Waals surface area contributed by atoms with Gasteiger partial charge in [-0.05, 0) is 86.3 Å².